The summed E-state index contributed by atoms with van der Waals surface area (Å²) in [5.41, 5.74) is 0.698. The predicted octanol–water partition coefficient (Wildman–Crippen LogP) is 1.28. The Kier molecular flexibility index (Phi) is 2.48. The summed E-state index contributed by atoms with van der Waals surface area (Å²) in [6.07, 6.45) is 1.87. The van der Waals surface area contributed by atoms with E-state index in [0.29, 0.717) is 0 Å². The Hall–Kier alpha value is -0.830. The highest BCUT2D eigenvalue weighted by atomic mass is 16.4. The van der Waals surface area contributed by atoms with E-state index < -0.39 is 5.97 Å². The molecule has 0 bridgehead atoms. The predicted molar refractivity (Wildman–Crippen MR) is 49.2 cm³/mol. The quantitative estimate of drug-likeness (QED) is 0.650. The zero-order valence-corrected chi connectivity index (χ0v) is 8.24. The molecule has 0 aromatic carbocycles. The largest absolute Gasteiger partial charge is 0.481 e. The maximum Gasteiger partial charge on any atom is 0.307 e. The first-order valence-electron chi connectivity index (χ1n) is 4.42. The minimum Gasteiger partial charge on any atom is -0.481 e. The summed E-state index contributed by atoms with van der Waals surface area (Å²) in [4.78, 5) is 10.8. The van der Waals surface area contributed by atoms with Gasteiger partial charge in [0.25, 0.3) is 0 Å². The van der Waals surface area contributed by atoms with Gasteiger partial charge in [-0.3, -0.25) is 4.79 Å². The molecule has 0 aromatic heterocycles. The molecule has 0 saturated heterocycles. The van der Waals surface area contributed by atoms with Crippen molar-refractivity contribution in [2.75, 3.05) is 6.61 Å². The fraction of sp³-hybridized carbons (Fsp3) is 0.700. The van der Waals surface area contributed by atoms with Gasteiger partial charge in [-0.05, 0) is 18.3 Å². The number of rotatable bonds is 3. The van der Waals surface area contributed by atoms with Gasteiger partial charge in [-0.25, -0.2) is 0 Å². The highest BCUT2D eigenvalue weighted by molar-refractivity contribution is 5.76. The van der Waals surface area contributed by atoms with Gasteiger partial charge in [0.05, 0.1) is 12.5 Å². The van der Waals surface area contributed by atoms with Crippen LogP contribution in [0.1, 0.15) is 20.8 Å². The summed E-state index contributed by atoms with van der Waals surface area (Å²) in [6.45, 7) is 5.71. The zero-order chi connectivity index (χ0) is 10.2. The van der Waals surface area contributed by atoms with Gasteiger partial charge in [0.1, 0.15) is 0 Å². The van der Waals surface area contributed by atoms with E-state index in [0.717, 1.165) is 5.57 Å². The van der Waals surface area contributed by atoms with Gasteiger partial charge < -0.3 is 10.2 Å². The van der Waals surface area contributed by atoms with Crippen molar-refractivity contribution < 1.29 is 15.0 Å². The highest BCUT2D eigenvalue weighted by Crippen LogP contribution is 2.59. The number of hydrogen-bond acceptors (Lipinski definition) is 2. The SMILES string of the molecule is C/C(=C\[C@@H]1[C@@H](C(=O)O)C1(C)C)CO. The van der Waals surface area contributed by atoms with Crippen LogP contribution in [0.3, 0.4) is 0 Å². The van der Waals surface area contributed by atoms with Crippen LogP contribution in [-0.2, 0) is 4.79 Å². The standard InChI is InChI=1S/C10H16O3/c1-6(5-11)4-7-8(9(12)13)10(7,2)3/h4,7-8,11H,5H2,1-3H3,(H,12,13)/b6-4+/t7-,8+/m1/s1. The molecule has 0 aliphatic heterocycles. The average Bonchev–Trinajstić information content (AvgIpc) is 2.53. The van der Waals surface area contributed by atoms with Crippen LogP contribution in [0.5, 0.6) is 0 Å². The third-order valence-corrected chi connectivity index (χ3v) is 2.89. The van der Waals surface area contributed by atoms with Crippen LogP contribution in [0.25, 0.3) is 0 Å². The Morgan fingerprint density at radius 1 is 1.54 bits per heavy atom. The van der Waals surface area contributed by atoms with Crippen molar-refractivity contribution in [2.24, 2.45) is 17.3 Å². The monoisotopic (exact) mass is 184 g/mol. The molecule has 0 unspecified atom stereocenters. The number of allylic oxidation sites excluding steroid dienone is 1. The fourth-order valence-corrected chi connectivity index (χ4v) is 1.82. The molecule has 1 aliphatic carbocycles. The Bertz CT molecular complexity index is 253. The van der Waals surface area contributed by atoms with E-state index in [9.17, 15) is 4.79 Å². The molecule has 2 atom stereocenters. The van der Waals surface area contributed by atoms with Crippen molar-refractivity contribution in [3.63, 3.8) is 0 Å². The molecule has 0 amide bonds. The van der Waals surface area contributed by atoms with Gasteiger partial charge in [0.15, 0.2) is 0 Å². The van der Waals surface area contributed by atoms with Crippen molar-refractivity contribution in [1.29, 1.82) is 0 Å². The summed E-state index contributed by atoms with van der Waals surface area (Å²) in [7, 11) is 0. The lowest BCUT2D eigenvalue weighted by Gasteiger charge is -1.98. The van der Waals surface area contributed by atoms with Crippen molar-refractivity contribution in [1.82, 2.24) is 0 Å². The van der Waals surface area contributed by atoms with E-state index in [4.69, 9.17) is 10.2 Å². The van der Waals surface area contributed by atoms with Crippen molar-refractivity contribution >= 4 is 5.97 Å². The van der Waals surface area contributed by atoms with E-state index in [2.05, 4.69) is 0 Å². The van der Waals surface area contributed by atoms with E-state index in [1.807, 2.05) is 26.8 Å². The zero-order valence-electron chi connectivity index (χ0n) is 8.24. The van der Waals surface area contributed by atoms with Gasteiger partial charge in [-0.2, -0.15) is 0 Å². The molecule has 0 heterocycles. The van der Waals surface area contributed by atoms with Crippen LogP contribution in [0, 0.1) is 17.3 Å². The molecule has 3 heteroatoms. The van der Waals surface area contributed by atoms with Crippen LogP contribution < -0.4 is 0 Å². The Balaban J connectivity index is 2.71. The number of aliphatic carboxylic acids is 1. The number of carbonyl (C=O) groups is 1. The van der Waals surface area contributed by atoms with Gasteiger partial charge in [0, 0.05) is 0 Å². The first-order valence-corrected chi connectivity index (χ1v) is 4.42. The van der Waals surface area contributed by atoms with Crippen LogP contribution in [0.4, 0.5) is 0 Å². The molecule has 74 valence electrons. The van der Waals surface area contributed by atoms with Gasteiger partial charge in [-0.1, -0.05) is 25.5 Å². The third kappa shape index (κ3) is 1.75. The Morgan fingerprint density at radius 2 is 2.08 bits per heavy atom. The molecule has 0 spiro atoms. The molecule has 1 saturated carbocycles. The first-order chi connectivity index (χ1) is 5.91. The van der Waals surface area contributed by atoms with E-state index in [-0.39, 0.29) is 23.9 Å². The van der Waals surface area contributed by atoms with Crippen molar-refractivity contribution in [3.05, 3.63) is 11.6 Å². The maximum atomic E-state index is 10.8. The minimum absolute atomic E-state index is 0.0128. The van der Waals surface area contributed by atoms with Crippen LogP contribution in [-0.4, -0.2) is 22.8 Å². The van der Waals surface area contributed by atoms with Crippen molar-refractivity contribution in [3.8, 4) is 0 Å². The van der Waals surface area contributed by atoms with Crippen LogP contribution in [0.15, 0.2) is 11.6 Å². The van der Waals surface area contributed by atoms with Gasteiger partial charge in [-0.15, -0.1) is 0 Å². The fourth-order valence-electron chi connectivity index (χ4n) is 1.82. The molecule has 0 radical (unpaired) electrons. The molecule has 1 rings (SSSR count). The Morgan fingerprint density at radius 3 is 2.38 bits per heavy atom. The molecule has 3 nitrogen and oxygen atoms in total. The number of aliphatic hydroxyl groups is 1. The first kappa shape index (κ1) is 10.3. The van der Waals surface area contributed by atoms with Gasteiger partial charge in [0.2, 0.25) is 0 Å². The second-order valence-electron chi connectivity index (χ2n) is 4.33. The second-order valence-corrected chi connectivity index (χ2v) is 4.33. The summed E-state index contributed by atoms with van der Waals surface area (Å²) in [5, 5.41) is 17.6. The topological polar surface area (TPSA) is 57.5 Å². The number of hydrogen-bond donors (Lipinski definition) is 2. The molecular weight excluding hydrogens is 168 g/mol. The maximum absolute atomic E-state index is 10.8. The number of aliphatic hydroxyl groups excluding tert-OH is 1. The minimum atomic E-state index is -0.739. The van der Waals surface area contributed by atoms with E-state index >= 15 is 0 Å². The van der Waals surface area contributed by atoms with Gasteiger partial charge >= 0.3 is 5.97 Å². The summed E-state index contributed by atoms with van der Waals surface area (Å²) >= 11 is 0. The molecule has 2 N–H and O–H groups in total. The average molecular weight is 184 g/mol. The number of carboxylic acid groups (broad SMARTS) is 1. The summed E-state index contributed by atoms with van der Waals surface area (Å²) in [5.74, 6) is -0.942. The highest BCUT2D eigenvalue weighted by Gasteiger charge is 2.60. The summed E-state index contributed by atoms with van der Waals surface area (Å²) < 4.78 is 0. The van der Waals surface area contributed by atoms with E-state index in [1.165, 1.54) is 0 Å². The normalized spacial score (nSPS) is 31.5. The lowest BCUT2D eigenvalue weighted by atomic mass is 10.1. The van der Waals surface area contributed by atoms with Crippen LogP contribution in [0.2, 0.25) is 0 Å². The lowest BCUT2D eigenvalue weighted by molar-refractivity contribution is -0.139. The molecule has 1 fully saturated rings. The Labute approximate surface area is 78.1 Å². The van der Waals surface area contributed by atoms with Crippen molar-refractivity contribution in [2.45, 2.75) is 20.8 Å². The van der Waals surface area contributed by atoms with E-state index in [1.54, 1.807) is 0 Å². The molecule has 1 aliphatic rings. The molecular formula is C10H16O3. The number of carboxylic acids is 1. The van der Waals surface area contributed by atoms with Crippen LogP contribution >= 0.6 is 0 Å². The summed E-state index contributed by atoms with van der Waals surface area (Å²) in [6, 6.07) is 0. The molecule has 13 heavy (non-hydrogen) atoms. The molecule has 0 aromatic rings. The third-order valence-electron chi connectivity index (χ3n) is 2.89. The second kappa shape index (κ2) is 3.14. The smallest absolute Gasteiger partial charge is 0.307 e. The lowest BCUT2D eigenvalue weighted by Crippen LogP contribution is -2.03.